The number of benzene rings is 2. The zero-order valence-corrected chi connectivity index (χ0v) is 22.0. The monoisotopic (exact) mass is 542 g/mol. The quantitative estimate of drug-likeness (QED) is 0.368. The highest BCUT2D eigenvalue weighted by atomic mass is 16.7. The van der Waals surface area contributed by atoms with Crippen LogP contribution in [0.2, 0.25) is 0 Å². The second-order valence-corrected chi connectivity index (χ2v) is 10.4. The van der Waals surface area contributed by atoms with E-state index in [1.807, 2.05) is 42.5 Å². The molecule has 3 N–H and O–H groups in total. The van der Waals surface area contributed by atoms with Gasteiger partial charge in [0.25, 0.3) is 0 Å². The molecule has 0 bridgehead atoms. The lowest BCUT2D eigenvalue weighted by atomic mass is 10.0. The predicted molar refractivity (Wildman–Crippen MR) is 141 cm³/mol. The van der Waals surface area contributed by atoms with E-state index in [1.165, 1.54) is 0 Å². The van der Waals surface area contributed by atoms with Crippen LogP contribution < -0.4 is 5.32 Å². The number of phenols is 1. The molecular weight excluding hydrogens is 504 g/mol. The summed E-state index contributed by atoms with van der Waals surface area (Å²) in [5, 5.41) is 25.8. The second kappa shape index (κ2) is 13.6. The van der Waals surface area contributed by atoms with E-state index >= 15 is 0 Å². The number of carbonyl (C=O) groups excluding carboxylic acids is 1. The van der Waals surface area contributed by atoms with Gasteiger partial charge in [-0.2, -0.15) is 5.06 Å². The first-order chi connectivity index (χ1) is 19.0. The zero-order valence-electron chi connectivity index (χ0n) is 22.0. The molecule has 0 aromatic heterocycles. The summed E-state index contributed by atoms with van der Waals surface area (Å²) in [6.45, 7) is 2.70. The number of nitrogens with zero attached hydrogens (tertiary/aromatic N) is 1. The number of fused-ring (bicyclic) bond motifs is 1. The maximum Gasteiger partial charge on any atom is 0.407 e. The van der Waals surface area contributed by atoms with Gasteiger partial charge in [-0.3, -0.25) is 4.84 Å². The van der Waals surface area contributed by atoms with Crippen molar-refractivity contribution < 1.29 is 38.8 Å². The minimum atomic E-state index is -0.961. The number of ether oxygens (including phenoxy) is 4. The Bertz CT molecular complexity index is 1030. The summed E-state index contributed by atoms with van der Waals surface area (Å²) in [5.74, 6) is 0.214. The Morgan fingerprint density at radius 3 is 2.54 bits per heavy atom. The predicted octanol–water partition coefficient (Wildman–Crippen LogP) is 2.76. The van der Waals surface area contributed by atoms with Gasteiger partial charge < -0.3 is 34.5 Å². The Morgan fingerprint density at radius 1 is 1.00 bits per heavy atom. The van der Waals surface area contributed by atoms with Gasteiger partial charge in [-0.25, -0.2) is 4.79 Å². The largest absolute Gasteiger partial charge is 0.508 e. The van der Waals surface area contributed by atoms with Gasteiger partial charge in [-0.05, 0) is 48.9 Å². The lowest BCUT2D eigenvalue weighted by molar-refractivity contribution is -0.231. The van der Waals surface area contributed by atoms with Crippen molar-refractivity contribution in [2.75, 3.05) is 33.0 Å². The standard InChI is InChI=1S/C29H38N2O8/c32-22-8-6-21(7-9-22)17-31(39-23-10-13-35-14-11-23)18-26(33)25(16-20-4-2-1-3-5-20)30-29(34)38-27-19-37-28-24(27)12-15-36-28/h1-9,23-28,32-33H,10-19H2,(H,30,34). The van der Waals surface area contributed by atoms with Crippen LogP contribution in [0.5, 0.6) is 5.75 Å². The molecule has 5 unspecified atom stereocenters. The van der Waals surface area contributed by atoms with Crippen molar-refractivity contribution in [3.05, 3.63) is 65.7 Å². The number of aromatic hydroxyl groups is 1. The first-order valence-corrected chi connectivity index (χ1v) is 13.7. The fourth-order valence-corrected chi connectivity index (χ4v) is 5.30. The van der Waals surface area contributed by atoms with Crippen LogP contribution in [-0.4, -0.2) is 85.0 Å². The number of hydrogen-bond donors (Lipinski definition) is 3. The lowest BCUT2D eigenvalue weighted by Gasteiger charge is -2.33. The summed E-state index contributed by atoms with van der Waals surface area (Å²) in [6.07, 6.45) is 0.442. The molecule has 0 saturated carbocycles. The number of nitrogens with one attached hydrogen (secondary N) is 1. The van der Waals surface area contributed by atoms with E-state index in [0.717, 1.165) is 30.4 Å². The highest BCUT2D eigenvalue weighted by molar-refractivity contribution is 5.68. The van der Waals surface area contributed by atoms with Gasteiger partial charge in [0.1, 0.15) is 11.9 Å². The van der Waals surface area contributed by atoms with Crippen LogP contribution in [-0.2, 0) is 36.8 Å². The van der Waals surface area contributed by atoms with Crippen LogP contribution >= 0.6 is 0 Å². The molecule has 2 aromatic carbocycles. The van der Waals surface area contributed by atoms with Gasteiger partial charge in [0.05, 0.1) is 43.9 Å². The number of aliphatic hydroxyl groups excluding tert-OH is 1. The highest BCUT2D eigenvalue weighted by Crippen LogP contribution is 2.33. The molecule has 212 valence electrons. The first kappa shape index (κ1) is 27.8. The molecule has 0 aliphatic carbocycles. The molecule has 3 saturated heterocycles. The van der Waals surface area contributed by atoms with Crippen molar-refractivity contribution in [1.29, 1.82) is 0 Å². The Morgan fingerprint density at radius 2 is 1.77 bits per heavy atom. The van der Waals surface area contributed by atoms with Gasteiger partial charge in [0, 0.05) is 19.8 Å². The molecule has 5 rings (SSSR count). The number of alkyl carbamates (subject to hydrolysis) is 1. The van der Waals surface area contributed by atoms with Crippen molar-refractivity contribution >= 4 is 6.09 Å². The number of phenolic OH excluding ortho intramolecular Hbond substituents is 1. The number of hydroxylamine groups is 2. The molecule has 0 spiro atoms. The summed E-state index contributed by atoms with van der Waals surface area (Å²) in [6, 6.07) is 16.0. The van der Waals surface area contributed by atoms with E-state index in [0.29, 0.717) is 39.4 Å². The summed E-state index contributed by atoms with van der Waals surface area (Å²) in [4.78, 5) is 19.3. The number of carbonyl (C=O) groups is 1. The Kier molecular flexibility index (Phi) is 9.67. The molecule has 1 amide bonds. The van der Waals surface area contributed by atoms with Crippen LogP contribution in [0.15, 0.2) is 54.6 Å². The van der Waals surface area contributed by atoms with E-state index in [2.05, 4.69) is 5.32 Å². The third kappa shape index (κ3) is 7.91. The maximum atomic E-state index is 13.0. The zero-order chi connectivity index (χ0) is 27.0. The van der Waals surface area contributed by atoms with Gasteiger partial charge in [-0.1, -0.05) is 42.5 Å². The third-order valence-electron chi connectivity index (χ3n) is 7.46. The molecule has 10 nitrogen and oxygen atoms in total. The summed E-state index contributed by atoms with van der Waals surface area (Å²) in [7, 11) is 0. The van der Waals surface area contributed by atoms with Gasteiger partial charge in [-0.15, -0.1) is 0 Å². The Hall–Kier alpha value is -2.73. The molecular formula is C29H38N2O8. The average molecular weight is 543 g/mol. The Balaban J connectivity index is 1.26. The molecule has 3 heterocycles. The van der Waals surface area contributed by atoms with Gasteiger partial charge in [0.2, 0.25) is 0 Å². The molecule has 39 heavy (non-hydrogen) atoms. The topological polar surface area (TPSA) is 119 Å². The van der Waals surface area contributed by atoms with Crippen molar-refractivity contribution in [2.24, 2.45) is 5.92 Å². The molecule has 0 radical (unpaired) electrons. The van der Waals surface area contributed by atoms with Crippen LogP contribution in [0.25, 0.3) is 0 Å². The van der Waals surface area contributed by atoms with Crippen LogP contribution in [0.3, 0.4) is 0 Å². The average Bonchev–Trinajstić information content (AvgIpc) is 3.56. The summed E-state index contributed by atoms with van der Waals surface area (Å²) in [5.41, 5.74) is 1.90. The minimum Gasteiger partial charge on any atom is -0.508 e. The molecule has 3 aliphatic rings. The Labute approximate surface area is 228 Å². The third-order valence-corrected chi connectivity index (χ3v) is 7.46. The molecule has 10 heteroatoms. The number of hydrogen-bond acceptors (Lipinski definition) is 9. The number of aliphatic hydroxyl groups is 1. The number of rotatable bonds is 11. The molecule has 5 atom stereocenters. The van der Waals surface area contributed by atoms with Crippen LogP contribution in [0.4, 0.5) is 4.79 Å². The van der Waals surface area contributed by atoms with Gasteiger partial charge in [0.15, 0.2) is 6.29 Å². The number of amides is 1. The van der Waals surface area contributed by atoms with Crippen molar-refractivity contribution in [1.82, 2.24) is 10.4 Å². The van der Waals surface area contributed by atoms with Gasteiger partial charge >= 0.3 is 6.09 Å². The second-order valence-electron chi connectivity index (χ2n) is 10.4. The van der Waals surface area contributed by atoms with Crippen LogP contribution in [0.1, 0.15) is 30.4 Å². The minimum absolute atomic E-state index is 0.0296. The first-order valence-electron chi connectivity index (χ1n) is 13.7. The lowest BCUT2D eigenvalue weighted by Crippen LogP contribution is -2.51. The van der Waals surface area contributed by atoms with Crippen molar-refractivity contribution in [3.63, 3.8) is 0 Å². The van der Waals surface area contributed by atoms with E-state index in [1.54, 1.807) is 17.2 Å². The maximum absolute atomic E-state index is 13.0. The van der Waals surface area contributed by atoms with E-state index in [9.17, 15) is 15.0 Å². The summed E-state index contributed by atoms with van der Waals surface area (Å²) < 4.78 is 22.3. The van der Waals surface area contributed by atoms with Crippen LogP contribution in [0, 0.1) is 5.92 Å². The normalized spacial score (nSPS) is 24.8. The fraction of sp³-hybridized carbons (Fsp3) is 0.552. The SMILES string of the molecule is O=C(NC(Cc1ccccc1)C(O)CN(Cc1ccc(O)cc1)OC1CCOCC1)OC1COC2OCCC12. The molecule has 3 fully saturated rings. The van der Waals surface area contributed by atoms with E-state index < -0.39 is 18.2 Å². The molecule has 3 aliphatic heterocycles. The summed E-state index contributed by atoms with van der Waals surface area (Å²) >= 11 is 0. The smallest absolute Gasteiger partial charge is 0.407 e. The van der Waals surface area contributed by atoms with Crippen molar-refractivity contribution in [2.45, 2.75) is 62.9 Å². The van der Waals surface area contributed by atoms with E-state index in [4.69, 9.17) is 23.8 Å². The van der Waals surface area contributed by atoms with Crippen molar-refractivity contribution in [3.8, 4) is 5.75 Å². The molecule has 2 aromatic rings. The fourth-order valence-electron chi connectivity index (χ4n) is 5.30. The highest BCUT2D eigenvalue weighted by Gasteiger charge is 2.44. The van der Waals surface area contributed by atoms with E-state index in [-0.39, 0.29) is 36.7 Å².